The molecule has 2 atom stereocenters. The van der Waals surface area contributed by atoms with E-state index in [0.29, 0.717) is 23.6 Å². The zero-order chi connectivity index (χ0) is 17.5. The number of nitrogen functional groups attached to an aromatic ring is 1. The molecule has 0 spiro atoms. The van der Waals surface area contributed by atoms with Gasteiger partial charge in [-0.15, -0.1) is 0 Å². The molecule has 1 aliphatic rings. The minimum atomic E-state index is -1.35. The average Bonchev–Trinajstić information content (AvgIpc) is 2.60. The Morgan fingerprint density at radius 2 is 1.75 bits per heavy atom. The number of carbonyl (C=O) groups is 2. The van der Waals surface area contributed by atoms with Gasteiger partial charge in [-0.05, 0) is 36.6 Å². The molecule has 0 heterocycles. The highest BCUT2D eigenvalue weighted by Crippen LogP contribution is 2.27. The molecular weight excluding hydrogens is 308 g/mol. The van der Waals surface area contributed by atoms with Crippen molar-refractivity contribution in [2.45, 2.75) is 50.7 Å². The Morgan fingerprint density at radius 3 is 2.38 bits per heavy atom. The summed E-state index contributed by atoms with van der Waals surface area (Å²) in [4.78, 5) is 23.8. The first kappa shape index (κ1) is 18.2. The molecule has 1 unspecified atom stereocenters. The van der Waals surface area contributed by atoms with Crippen LogP contribution in [-0.2, 0) is 4.79 Å². The third-order valence-electron chi connectivity index (χ3n) is 4.48. The van der Waals surface area contributed by atoms with Gasteiger partial charge in [0.1, 0.15) is 6.10 Å². The van der Waals surface area contributed by atoms with E-state index in [9.17, 15) is 14.7 Å². The van der Waals surface area contributed by atoms with E-state index in [1.807, 2.05) is 0 Å². The number of benzene rings is 1. The van der Waals surface area contributed by atoms with Crippen molar-refractivity contribution in [3.8, 4) is 0 Å². The molecule has 7 N–H and O–H groups in total. The summed E-state index contributed by atoms with van der Waals surface area (Å²) < 4.78 is 0. The van der Waals surface area contributed by atoms with Crippen LogP contribution in [0.15, 0.2) is 24.3 Å². The van der Waals surface area contributed by atoms with Gasteiger partial charge in [-0.2, -0.15) is 0 Å². The van der Waals surface area contributed by atoms with Crippen molar-refractivity contribution in [3.05, 3.63) is 29.8 Å². The van der Waals surface area contributed by atoms with Gasteiger partial charge in [0.05, 0.1) is 0 Å². The molecule has 2 rings (SSSR count). The molecule has 1 aromatic rings. The number of amides is 2. The molecule has 1 aromatic carbocycles. The predicted molar refractivity (Wildman–Crippen MR) is 91.6 cm³/mol. The lowest BCUT2D eigenvalue weighted by Gasteiger charge is -2.26. The number of hydrogen-bond donors (Lipinski definition) is 5. The van der Waals surface area contributed by atoms with Crippen molar-refractivity contribution >= 4 is 17.5 Å². The third-order valence-corrected chi connectivity index (χ3v) is 4.48. The Bertz CT molecular complexity index is 555. The standard InChI is InChI=1S/C17H26N4O3/c18-13-8-6-12(7-9-13)16(23)20-21-17(24)15(22)14(19)10-11-4-2-1-3-5-11/h6-9,11,14-15,22H,1-5,10,18-19H2,(H,20,23)(H,21,24)/t14-,15?/m1/s1. The van der Waals surface area contributed by atoms with Crippen LogP contribution < -0.4 is 22.3 Å². The van der Waals surface area contributed by atoms with E-state index in [1.54, 1.807) is 24.3 Å². The lowest BCUT2D eigenvalue weighted by molar-refractivity contribution is -0.131. The van der Waals surface area contributed by atoms with E-state index in [-0.39, 0.29) is 0 Å². The Kier molecular flexibility index (Phi) is 6.57. The number of anilines is 1. The smallest absolute Gasteiger partial charge is 0.269 e. The molecule has 7 nitrogen and oxygen atoms in total. The number of aliphatic hydroxyl groups is 1. The van der Waals surface area contributed by atoms with Gasteiger partial charge in [0.25, 0.3) is 11.8 Å². The van der Waals surface area contributed by atoms with Crippen LogP contribution >= 0.6 is 0 Å². The summed E-state index contributed by atoms with van der Waals surface area (Å²) in [5.41, 5.74) is 16.9. The van der Waals surface area contributed by atoms with E-state index in [4.69, 9.17) is 11.5 Å². The molecule has 0 aromatic heterocycles. The number of nitrogens with one attached hydrogen (secondary N) is 2. The SMILES string of the molecule is Nc1ccc(C(=O)NNC(=O)C(O)[C@H](N)CC2CCCCC2)cc1. The molecule has 1 fully saturated rings. The molecule has 0 bridgehead atoms. The van der Waals surface area contributed by atoms with Gasteiger partial charge in [-0.3, -0.25) is 20.4 Å². The van der Waals surface area contributed by atoms with Crippen molar-refractivity contribution in [2.24, 2.45) is 11.7 Å². The minimum absolute atomic E-state index is 0.352. The quantitative estimate of drug-likeness (QED) is 0.399. The van der Waals surface area contributed by atoms with Crippen LogP contribution in [0.2, 0.25) is 0 Å². The van der Waals surface area contributed by atoms with E-state index >= 15 is 0 Å². The zero-order valence-corrected chi connectivity index (χ0v) is 13.7. The first-order valence-corrected chi connectivity index (χ1v) is 8.36. The van der Waals surface area contributed by atoms with Crippen LogP contribution in [0, 0.1) is 5.92 Å². The topological polar surface area (TPSA) is 130 Å². The molecule has 0 saturated heterocycles. The fraction of sp³-hybridized carbons (Fsp3) is 0.529. The maximum atomic E-state index is 11.9. The zero-order valence-electron chi connectivity index (χ0n) is 13.7. The number of carbonyl (C=O) groups excluding carboxylic acids is 2. The van der Waals surface area contributed by atoms with Gasteiger partial charge >= 0.3 is 0 Å². The highest BCUT2D eigenvalue weighted by molar-refractivity contribution is 5.96. The molecule has 24 heavy (non-hydrogen) atoms. The first-order chi connectivity index (χ1) is 11.5. The van der Waals surface area contributed by atoms with Crippen LogP contribution in [0.1, 0.15) is 48.9 Å². The van der Waals surface area contributed by atoms with Crippen LogP contribution in [-0.4, -0.2) is 29.1 Å². The summed E-state index contributed by atoms with van der Waals surface area (Å²) >= 11 is 0. The second kappa shape index (κ2) is 8.65. The van der Waals surface area contributed by atoms with Crippen molar-refractivity contribution in [1.82, 2.24) is 10.9 Å². The van der Waals surface area contributed by atoms with Gasteiger partial charge in [0, 0.05) is 17.3 Å². The molecule has 2 amide bonds. The fourth-order valence-corrected chi connectivity index (χ4v) is 3.03. The first-order valence-electron chi connectivity index (χ1n) is 8.36. The second-order valence-corrected chi connectivity index (χ2v) is 6.41. The number of hydrazine groups is 1. The number of aliphatic hydroxyl groups excluding tert-OH is 1. The summed E-state index contributed by atoms with van der Waals surface area (Å²) in [6.45, 7) is 0. The lowest BCUT2D eigenvalue weighted by Crippen LogP contribution is -2.52. The van der Waals surface area contributed by atoms with Crippen LogP contribution in [0.5, 0.6) is 0 Å². The van der Waals surface area contributed by atoms with Crippen molar-refractivity contribution < 1.29 is 14.7 Å². The average molecular weight is 334 g/mol. The molecule has 1 aliphatic carbocycles. The Morgan fingerprint density at radius 1 is 1.12 bits per heavy atom. The maximum Gasteiger partial charge on any atom is 0.269 e. The Balaban J connectivity index is 1.77. The largest absolute Gasteiger partial charge is 0.399 e. The van der Waals surface area contributed by atoms with Crippen LogP contribution in [0.25, 0.3) is 0 Å². The maximum absolute atomic E-state index is 11.9. The number of hydrogen-bond acceptors (Lipinski definition) is 5. The van der Waals surface area contributed by atoms with Gasteiger partial charge in [0.15, 0.2) is 0 Å². The van der Waals surface area contributed by atoms with Crippen molar-refractivity contribution in [2.75, 3.05) is 5.73 Å². The molecule has 132 valence electrons. The van der Waals surface area contributed by atoms with Gasteiger partial charge in [-0.25, -0.2) is 0 Å². The fourth-order valence-electron chi connectivity index (χ4n) is 3.03. The van der Waals surface area contributed by atoms with Crippen molar-refractivity contribution in [1.29, 1.82) is 0 Å². The minimum Gasteiger partial charge on any atom is -0.399 e. The number of rotatable bonds is 5. The summed E-state index contributed by atoms with van der Waals surface area (Å²) in [6.07, 6.45) is 5.05. The van der Waals surface area contributed by atoms with E-state index < -0.39 is 24.0 Å². The van der Waals surface area contributed by atoms with E-state index in [2.05, 4.69) is 10.9 Å². The molecule has 7 heteroatoms. The molecule has 1 saturated carbocycles. The summed E-state index contributed by atoms with van der Waals surface area (Å²) in [5.74, 6) is -0.737. The van der Waals surface area contributed by atoms with Crippen molar-refractivity contribution in [3.63, 3.8) is 0 Å². The van der Waals surface area contributed by atoms with E-state index in [0.717, 1.165) is 12.8 Å². The van der Waals surface area contributed by atoms with Gasteiger partial charge in [-0.1, -0.05) is 32.1 Å². The molecular formula is C17H26N4O3. The monoisotopic (exact) mass is 334 g/mol. The third kappa shape index (κ3) is 5.21. The highest BCUT2D eigenvalue weighted by atomic mass is 16.3. The van der Waals surface area contributed by atoms with Gasteiger partial charge < -0.3 is 16.6 Å². The molecule has 0 aliphatic heterocycles. The molecule has 0 radical (unpaired) electrons. The summed E-state index contributed by atoms with van der Waals surface area (Å²) in [6, 6.07) is 5.63. The number of nitrogens with two attached hydrogens (primary N) is 2. The predicted octanol–water partition coefficient (Wildman–Crippen LogP) is 0.688. The van der Waals surface area contributed by atoms with E-state index in [1.165, 1.54) is 19.3 Å². The lowest BCUT2D eigenvalue weighted by atomic mass is 9.84. The Hall–Kier alpha value is -2.12. The Labute approximate surface area is 141 Å². The van der Waals surface area contributed by atoms with Crippen LogP contribution in [0.3, 0.4) is 0 Å². The second-order valence-electron chi connectivity index (χ2n) is 6.41. The summed E-state index contributed by atoms with van der Waals surface area (Å²) in [7, 11) is 0. The summed E-state index contributed by atoms with van der Waals surface area (Å²) in [5, 5.41) is 10.0. The van der Waals surface area contributed by atoms with Crippen LogP contribution in [0.4, 0.5) is 5.69 Å². The van der Waals surface area contributed by atoms with Gasteiger partial charge in [0.2, 0.25) is 0 Å². The highest BCUT2D eigenvalue weighted by Gasteiger charge is 2.26. The normalized spacial score (nSPS) is 17.8.